The summed E-state index contributed by atoms with van der Waals surface area (Å²) in [5.74, 6) is 0. The van der Waals surface area contributed by atoms with Gasteiger partial charge >= 0.3 is 0 Å². The van der Waals surface area contributed by atoms with Gasteiger partial charge in [-0.1, -0.05) is 30.3 Å². The molecule has 0 aliphatic carbocycles. The number of rotatable bonds is 5. The maximum Gasteiger partial charge on any atom is 0.200 e. The summed E-state index contributed by atoms with van der Waals surface area (Å²) < 4.78 is 23.9. The zero-order valence-electron chi connectivity index (χ0n) is 14.2. The summed E-state index contributed by atoms with van der Waals surface area (Å²) in [5.41, 5.74) is 2.19. The van der Waals surface area contributed by atoms with Gasteiger partial charge in [0.15, 0.2) is 14.9 Å². The number of benzene rings is 1. The van der Waals surface area contributed by atoms with E-state index in [1.807, 2.05) is 31.3 Å². The molecule has 0 spiro atoms. The van der Waals surface area contributed by atoms with Crippen LogP contribution in [-0.2, 0) is 16.3 Å². The Morgan fingerprint density at radius 1 is 1.04 bits per heavy atom. The number of hydrogen-bond donors (Lipinski definition) is 0. The predicted molar refractivity (Wildman–Crippen MR) is 94.6 cm³/mol. The van der Waals surface area contributed by atoms with Gasteiger partial charge in [-0.05, 0) is 44.9 Å². The van der Waals surface area contributed by atoms with E-state index in [0.29, 0.717) is 0 Å². The molecule has 2 rings (SSSR count). The van der Waals surface area contributed by atoms with Crippen LogP contribution in [0.15, 0.2) is 53.7 Å². The Morgan fingerprint density at radius 3 is 2.22 bits per heavy atom. The van der Waals surface area contributed by atoms with Gasteiger partial charge < -0.3 is 4.90 Å². The highest BCUT2D eigenvalue weighted by Gasteiger charge is 2.31. The Kier molecular flexibility index (Phi) is 5.09. The molecule has 4 nitrogen and oxygen atoms in total. The van der Waals surface area contributed by atoms with Crippen molar-refractivity contribution in [3.05, 3.63) is 54.2 Å². The van der Waals surface area contributed by atoms with Crippen molar-refractivity contribution in [1.82, 2.24) is 4.98 Å². The maximum atomic E-state index is 12.4. The standard InChI is InChI=1S/C18H24N2O2S/c1-18(2,3)23(21,22)17-11-10-16(14-19-17)20(4)13-12-15-8-6-5-7-9-15/h5-11,14H,12-13H2,1-4H3. The fraction of sp³-hybridized carbons (Fsp3) is 0.389. The lowest BCUT2D eigenvalue weighted by Gasteiger charge is -2.21. The first-order valence-electron chi connectivity index (χ1n) is 7.67. The van der Waals surface area contributed by atoms with Gasteiger partial charge in [0.25, 0.3) is 0 Å². The summed E-state index contributed by atoms with van der Waals surface area (Å²) in [5, 5.41) is 0.130. The lowest BCUT2D eigenvalue weighted by molar-refractivity contribution is 0.556. The first-order chi connectivity index (χ1) is 10.7. The second kappa shape index (κ2) is 6.71. The van der Waals surface area contributed by atoms with Crippen LogP contribution >= 0.6 is 0 Å². The van der Waals surface area contributed by atoms with Crippen molar-refractivity contribution in [2.45, 2.75) is 37.0 Å². The fourth-order valence-corrected chi connectivity index (χ4v) is 3.21. The first kappa shape index (κ1) is 17.5. The van der Waals surface area contributed by atoms with Crippen molar-refractivity contribution >= 4 is 15.5 Å². The fourth-order valence-electron chi connectivity index (χ4n) is 2.14. The van der Waals surface area contributed by atoms with Crippen molar-refractivity contribution in [3.63, 3.8) is 0 Å². The molecule has 1 heterocycles. The van der Waals surface area contributed by atoms with Gasteiger partial charge in [-0.2, -0.15) is 0 Å². The molecule has 0 N–H and O–H groups in total. The van der Waals surface area contributed by atoms with E-state index in [-0.39, 0.29) is 5.03 Å². The monoisotopic (exact) mass is 332 g/mol. The molecule has 0 radical (unpaired) electrons. The van der Waals surface area contributed by atoms with E-state index in [2.05, 4.69) is 22.0 Å². The van der Waals surface area contributed by atoms with Gasteiger partial charge in [0.1, 0.15) is 0 Å². The molecule has 0 fully saturated rings. The smallest absolute Gasteiger partial charge is 0.200 e. The van der Waals surface area contributed by atoms with Crippen LogP contribution in [0.3, 0.4) is 0 Å². The lowest BCUT2D eigenvalue weighted by Crippen LogP contribution is -2.28. The lowest BCUT2D eigenvalue weighted by atomic mass is 10.1. The molecule has 0 atom stereocenters. The van der Waals surface area contributed by atoms with Crippen LogP contribution in [0.2, 0.25) is 0 Å². The van der Waals surface area contributed by atoms with Crippen molar-refractivity contribution < 1.29 is 8.42 Å². The van der Waals surface area contributed by atoms with Crippen LogP contribution < -0.4 is 4.90 Å². The normalized spacial score (nSPS) is 12.2. The van der Waals surface area contributed by atoms with Crippen LogP contribution in [0.1, 0.15) is 26.3 Å². The third-order valence-electron chi connectivity index (χ3n) is 3.82. The zero-order valence-corrected chi connectivity index (χ0v) is 15.0. The molecule has 0 unspecified atom stereocenters. The number of likely N-dealkylation sites (N-methyl/N-ethyl adjacent to an activating group) is 1. The highest BCUT2D eigenvalue weighted by Crippen LogP contribution is 2.24. The molecule has 0 bridgehead atoms. The molecule has 0 saturated heterocycles. The maximum absolute atomic E-state index is 12.4. The Morgan fingerprint density at radius 2 is 1.70 bits per heavy atom. The third kappa shape index (κ3) is 4.10. The number of anilines is 1. The topological polar surface area (TPSA) is 50.3 Å². The summed E-state index contributed by atoms with van der Waals surface area (Å²) in [7, 11) is -1.42. The van der Waals surface area contributed by atoms with E-state index in [1.54, 1.807) is 33.0 Å². The van der Waals surface area contributed by atoms with Crippen LogP contribution in [0, 0.1) is 0 Å². The molecule has 2 aromatic rings. The van der Waals surface area contributed by atoms with Crippen molar-refractivity contribution in [2.75, 3.05) is 18.5 Å². The first-order valence-corrected chi connectivity index (χ1v) is 9.16. The summed E-state index contributed by atoms with van der Waals surface area (Å²) in [6.45, 7) is 5.90. The van der Waals surface area contributed by atoms with Crippen LogP contribution in [0.25, 0.3) is 0 Å². The SMILES string of the molecule is CN(CCc1ccccc1)c1ccc(S(=O)(=O)C(C)(C)C)nc1. The number of aromatic nitrogens is 1. The van der Waals surface area contributed by atoms with Gasteiger partial charge in [-0.3, -0.25) is 0 Å². The molecule has 1 aromatic heterocycles. The number of sulfone groups is 1. The Bertz CT molecular complexity index is 733. The summed E-state index contributed by atoms with van der Waals surface area (Å²) in [6.07, 6.45) is 2.56. The molecule has 124 valence electrons. The summed E-state index contributed by atoms with van der Waals surface area (Å²) in [4.78, 5) is 6.24. The average Bonchev–Trinajstić information content (AvgIpc) is 2.52. The molecule has 0 saturated carbocycles. The van der Waals surface area contributed by atoms with Gasteiger partial charge in [-0.25, -0.2) is 13.4 Å². The minimum atomic E-state index is -3.40. The largest absolute Gasteiger partial charge is 0.373 e. The van der Waals surface area contributed by atoms with E-state index in [4.69, 9.17) is 0 Å². The number of hydrogen-bond acceptors (Lipinski definition) is 4. The van der Waals surface area contributed by atoms with Crippen LogP contribution in [0.5, 0.6) is 0 Å². The molecular formula is C18H24N2O2S. The third-order valence-corrected chi connectivity index (χ3v) is 6.23. The van der Waals surface area contributed by atoms with E-state index in [0.717, 1.165) is 18.7 Å². The van der Waals surface area contributed by atoms with E-state index in [9.17, 15) is 8.42 Å². The quantitative estimate of drug-likeness (QED) is 0.843. The van der Waals surface area contributed by atoms with Crippen molar-refractivity contribution in [3.8, 4) is 0 Å². The molecule has 23 heavy (non-hydrogen) atoms. The van der Waals surface area contributed by atoms with E-state index < -0.39 is 14.6 Å². The Hall–Kier alpha value is -1.88. The number of nitrogens with zero attached hydrogens (tertiary/aromatic N) is 2. The van der Waals surface area contributed by atoms with Crippen LogP contribution in [-0.4, -0.2) is 31.7 Å². The molecule has 1 aromatic carbocycles. The molecular weight excluding hydrogens is 308 g/mol. The van der Waals surface area contributed by atoms with Gasteiger partial charge in [-0.15, -0.1) is 0 Å². The van der Waals surface area contributed by atoms with Gasteiger partial charge in [0.05, 0.1) is 16.6 Å². The second-order valence-corrected chi connectivity index (χ2v) is 9.28. The number of pyridine rings is 1. The highest BCUT2D eigenvalue weighted by molar-refractivity contribution is 7.92. The molecule has 0 amide bonds. The Labute approximate surface area is 139 Å². The van der Waals surface area contributed by atoms with Crippen molar-refractivity contribution in [1.29, 1.82) is 0 Å². The van der Waals surface area contributed by atoms with E-state index >= 15 is 0 Å². The minimum Gasteiger partial charge on any atom is -0.373 e. The minimum absolute atomic E-state index is 0.130. The second-order valence-electron chi connectivity index (χ2n) is 6.63. The molecule has 0 aliphatic rings. The zero-order chi connectivity index (χ0) is 17.1. The van der Waals surface area contributed by atoms with E-state index in [1.165, 1.54) is 5.56 Å². The van der Waals surface area contributed by atoms with Gasteiger partial charge in [0.2, 0.25) is 0 Å². The van der Waals surface area contributed by atoms with Crippen LogP contribution in [0.4, 0.5) is 5.69 Å². The average molecular weight is 332 g/mol. The Balaban J connectivity index is 2.07. The molecule has 0 aliphatic heterocycles. The molecule has 5 heteroatoms. The predicted octanol–water partition coefficient (Wildman–Crippen LogP) is 3.33. The summed E-state index contributed by atoms with van der Waals surface area (Å²) in [6, 6.07) is 13.7. The van der Waals surface area contributed by atoms with Gasteiger partial charge in [0, 0.05) is 13.6 Å². The highest BCUT2D eigenvalue weighted by atomic mass is 32.2. The summed E-state index contributed by atoms with van der Waals surface area (Å²) >= 11 is 0. The van der Waals surface area contributed by atoms with Crippen molar-refractivity contribution in [2.24, 2.45) is 0 Å².